The van der Waals surface area contributed by atoms with Gasteiger partial charge in [-0.15, -0.1) is 0 Å². The minimum absolute atomic E-state index is 0.172. The maximum absolute atomic E-state index is 11.1. The van der Waals surface area contributed by atoms with Gasteiger partial charge in [0.05, 0.1) is 0 Å². The summed E-state index contributed by atoms with van der Waals surface area (Å²) in [6.07, 6.45) is 1.70. The van der Waals surface area contributed by atoms with Crippen molar-refractivity contribution in [2.75, 3.05) is 6.54 Å². The third kappa shape index (κ3) is 6.19. The van der Waals surface area contributed by atoms with Crippen molar-refractivity contribution in [2.45, 2.75) is 45.3 Å². The average molecular weight is 216 g/mol. The Morgan fingerprint density at radius 1 is 1.27 bits per heavy atom. The van der Waals surface area contributed by atoms with Gasteiger partial charge in [-0.05, 0) is 32.7 Å². The van der Waals surface area contributed by atoms with E-state index in [1.165, 1.54) is 13.8 Å². The van der Waals surface area contributed by atoms with Gasteiger partial charge in [0.15, 0.2) is 0 Å². The van der Waals surface area contributed by atoms with Crippen molar-refractivity contribution in [3.05, 3.63) is 0 Å². The summed E-state index contributed by atoms with van der Waals surface area (Å²) in [5, 5.41) is 0. The van der Waals surface area contributed by atoms with Crippen molar-refractivity contribution in [1.29, 1.82) is 0 Å². The highest BCUT2D eigenvalue weighted by atomic mass is 16.5. The number of ether oxygens (including phenoxy) is 1. The third-order valence-electron chi connectivity index (χ3n) is 2.13. The first-order valence-electron chi connectivity index (χ1n) is 5.12. The van der Waals surface area contributed by atoms with Gasteiger partial charge >= 0.3 is 5.97 Å². The zero-order chi connectivity index (χ0) is 11.8. The number of nitrogens with two attached hydrogens (primary N) is 2. The van der Waals surface area contributed by atoms with E-state index in [4.69, 9.17) is 16.2 Å². The van der Waals surface area contributed by atoms with Gasteiger partial charge in [-0.1, -0.05) is 0 Å². The van der Waals surface area contributed by atoms with Crippen LogP contribution < -0.4 is 11.5 Å². The number of carbonyl (C=O) groups is 2. The molecule has 0 heterocycles. The monoisotopic (exact) mass is 216 g/mol. The lowest BCUT2D eigenvalue weighted by molar-refractivity contribution is -0.148. The Morgan fingerprint density at radius 2 is 1.87 bits per heavy atom. The lowest BCUT2D eigenvalue weighted by Crippen LogP contribution is -2.43. The first-order valence-corrected chi connectivity index (χ1v) is 5.12. The lowest BCUT2D eigenvalue weighted by atomic mass is 10.0. The van der Waals surface area contributed by atoms with Crippen LogP contribution in [0.1, 0.15) is 33.1 Å². The van der Waals surface area contributed by atoms with Crippen LogP contribution in [0.25, 0.3) is 0 Å². The summed E-state index contributed by atoms with van der Waals surface area (Å²) in [4.78, 5) is 21.9. The van der Waals surface area contributed by atoms with Crippen LogP contribution in [-0.4, -0.2) is 30.4 Å². The van der Waals surface area contributed by atoms with E-state index < -0.39 is 18.1 Å². The Bertz CT molecular complexity index is 219. The van der Waals surface area contributed by atoms with Crippen LogP contribution in [-0.2, 0) is 14.3 Å². The molecule has 0 aromatic rings. The molecule has 15 heavy (non-hydrogen) atoms. The topological polar surface area (TPSA) is 95.4 Å². The zero-order valence-electron chi connectivity index (χ0n) is 9.36. The van der Waals surface area contributed by atoms with Gasteiger partial charge in [-0.3, -0.25) is 9.59 Å². The summed E-state index contributed by atoms with van der Waals surface area (Å²) in [6.45, 7) is 3.29. The van der Waals surface area contributed by atoms with E-state index in [0.29, 0.717) is 13.0 Å². The molecular weight excluding hydrogens is 196 g/mol. The average Bonchev–Trinajstić information content (AvgIpc) is 2.14. The number of hydrogen-bond donors (Lipinski definition) is 2. The second-order valence-corrected chi connectivity index (χ2v) is 3.57. The van der Waals surface area contributed by atoms with E-state index in [-0.39, 0.29) is 5.78 Å². The molecule has 88 valence electrons. The molecule has 5 nitrogen and oxygen atoms in total. The first kappa shape index (κ1) is 14.1. The molecular formula is C10H20N2O3. The molecule has 0 rings (SSSR count). The van der Waals surface area contributed by atoms with E-state index in [2.05, 4.69) is 0 Å². The number of ketones is 1. The highest BCUT2D eigenvalue weighted by Crippen LogP contribution is 2.09. The van der Waals surface area contributed by atoms with E-state index >= 15 is 0 Å². The summed E-state index contributed by atoms with van der Waals surface area (Å²) in [5.74, 6) is -0.585. The van der Waals surface area contributed by atoms with Gasteiger partial charge in [0.2, 0.25) is 0 Å². The molecule has 0 aliphatic rings. The standard InChI is InChI=1S/C10H20N2O3/c1-7(13)10(12)9(15-8(2)14)5-3-4-6-11/h9-10H,3-6,11-12H2,1-2H3. The van der Waals surface area contributed by atoms with Crippen molar-refractivity contribution in [3.8, 4) is 0 Å². The second-order valence-electron chi connectivity index (χ2n) is 3.57. The molecule has 0 aromatic heterocycles. The van der Waals surface area contributed by atoms with E-state index in [9.17, 15) is 9.59 Å². The molecule has 0 saturated carbocycles. The first-order chi connectivity index (χ1) is 6.99. The lowest BCUT2D eigenvalue weighted by Gasteiger charge is -2.21. The Hall–Kier alpha value is -0.940. The smallest absolute Gasteiger partial charge is 0.302 e. The van der Waals surface area contributed by atoms with Gasteiger partial charge < -0.3 is 16.2 Å². The van der Waals surface area contributed by atoms with Crippen molar-refractivity contribution in [1.82, 2.24) is 0 Å². The maximum Gasteiger partial charge on any atom is 0.302 e. The predicted molar refractivity (Wildman–Crippen MR) is 57.1 cm³/mol. The fourth-order valence-electron chi connectivity index (χ4n) is 1.28. The fraction of sp³-hybridized carbons (Fsp3) is 0.800. The van der Waals surface area contributed by atoms with Crippen molar-refractivity contribution in [3.63, 3.8) is 0 Å². The van der Waals surface area contributed by atoms with Crippen LogP contribution in [0.15, 0.2) is 0 Å². The zero-order valence-corrected chi connectivity index (χ0v) is 9.36. The van der Waals surface area contributed by atoms with Gasteiger partial charge in [-0.2, -0.15) is 0 Å². The van der Waals surface area contributed by atoms with Crippen molar-refractivity contribution >= 4 is 11.8 Å². The van der Waals surface area contributed by atoms with Crippen LogP contribution in [0.2, 0.25) is 0 Å². The van der Waals surface area contributed by atoms with E-state index in [1.807, 2.05) is 0 Å². The molecule has 2 unspecified atom stereocenters. The summed E-state index contributed by atoms with van der Waals surface area (Å²) in [6, 6.07) is -0.730. The molecule has 0 aliphatic carbocycles. The summed E-state index contributed by atoms with van der Waals surface area (Å²) < 4.78 is 4.99. The fourth-order valence-corrected chi connectivity index (χ4v) is 1.28. The Morgan fingerprint density at radius 3 is 2.27 bits per heavy atom. The van der Waals surface area contributed by atoms with Gasteiger partial charge in [-0.25, -0.2) is 0 Å². The Balaban J connectivity index is 4.17. The Labute approximate surface area is 90.1 Å². The van der Waals surface area contributed by atoms with E-state index in [1.54, 1.807) is 0 Å². The van der Waals surface area contributed by atoms with Crippen LogP contribution >= 0.6 is 0 Å². The highest BCUT2D eigenvalue weighted by molar-refractivity contribution is 5.82. The second kappa shape index (κ2) is 7.36. The van der Waals surface area contributed by atoms with Crippen molar-refractivity contribution < 1.29 is 14.3 Å². The number of unbranched alkanes of at least 4 members (excludes halogenated alkanes) is 1. The van der Waals surface area contributed by atoms with Gasteiger partial charge in [0.25, 0.3) is 0 Å². The largest absolute Gasteiger partial charge is 0.460 e. The number of hydrogen-bond acceptors (Lipinski definition) is 5. The number of esters is 1. The quantitative estimate of drug-likeness (QED) is 0.460. The molecule has 0 fully saturated rings. The summed E-state index contributed by atoms with van der Waals surface area (Å²) in [7, 11) is 0. The van der Waals surface area contributed by atoms with Crippen LogP contribution in [0.3, 0.4) is 0 Å². The summed E-state index contributed by atoms with van der Waals surface area (Å²) in [5.41, 5.74) is 11.0. The van der Waals surface area contributed by atoms with Gasteiger partial charge in [0, 0.05) is 6.92 Å². The molecule has 0 amide bonds. The van der Waals surface area contributed by atoms with Crippen LogP contribution in [0, 0.1) is 0 Å². The molecule has 0 saturated heterocycles. The molecule has 0 aromatic carbocycles. The molecule has 0 bridgehead atoms. The van der Waals surface area contributed by atoms with Crippen LogP contribution in [0.5, 0.6) is 0 Å². The molecule has 0 spiro atoms. The van der Waals surface area contributed by atoms with E-state index in [0.717, 1.165) is 12.8 Å². The third-order valence-corrected chi connectivity index (χ3v) is 2.13. The number of Topliss-reactive ketones (excluding diaryl/α,β-unsaturated/α-hetero) is 1. The van der Waals surface area contributed by atoms with Crippen LogP contribution in [0.4, 0.5) is 0 Å². The molecule has 4 N–H and O–H groups in total. The molecule has 0 radical (unpaired) electrons. The Kier molecular flexibility index (Phi) is 6.90. The van der Waals surface area contributed by atoms with Gasteiger partial charge in [0.1, 0.15) is 17.9 Å². The molecule has 0 aliphatic heterocycles. The molecule has 2 atom stereocenters. The predicted octanol–water partition coefficient (Wildman–Crippen LogP) is -0.0366. The minimum Gasteiger partial charge on any atom is -0.460 e. The van der Waals surface area contributed by atoms with Crippen molar-refractivity contribution in [2.24, 2.45) is 11.5 Å². The summed E-state index contributed by atoms with van der Waals surface area (Å²) >= 11 is 0. The SMILES string of the molecule is CC(=O)OC(CCCCN)C(N)C(C)=O. The number of rotatable bonds is 7. The highest BCUT2D eigenvalue weighted by Gasteiger charge is 2.23. The molecule has 5 heteroatoms. The number of carbonyl (C=O) groups excluding carboxylic acids is 2. The normalized spacial score (nSPS) is 14.4. The maximum atomic E-state index is 11.1. The minimum atomic E-state index is -0.730.